The van der Waals surface area contributed by atoms with E-state index in [9.17, 15) is 35.0 Å². The standard InChI is InChI=1S/C19H19N7O9/c1-13(27)20-14-2-5-16(6-3-14)34-19(28)22-8-10-23(11-9-22)26(33)21-35-18-7-4-15(24(29)30)12-17(18)25(31)32/h2-7,12H,8-11H2,1H3,(H,20,27)/b26-21-. The highest BCUT2D eigenvalue weighted by molar-refractivity contribution is 5.88. The van der Waals surface area contributed by atoms with Gasteiger partial charge in [-0.25, -0.2) is 4.79 Å². The lowest BCUT2D eigenvalue weighted by atomic mass is 10.2. The number of rotatable bonds is 7. The summed E-state index contributed by atoms with van der Waals surface area (Å²) in [4.78, 5) is 49.9. The van der Waals surface area contributed by atoms with Gasteiger partial charge >= 0.3 is 11.8 Å². The number of nitro benzene ring substituents is 2. The van der Waals surface area contributed by atoms with Crippen LogP contribution in [0.4, 0.5) is 21.9 Å². The minimum atomic E-state index is -0.898. The number of benzene rings is 2. The van der Waals surface area contributed by atoms with Crippen LogP contribution in [0, 0.1) is 25.4 Å². The molecule has 0 atom stereocenters. The van der Waals surface area contributed by atoms with Crippen LogP contribution in [0.3, 0.4) is 0 Å². The van der Waals surface area contributed by atoms with Crippen molar-refractivity contribution in [1.82, 2.24) is 9.91 Å². The first kappa shape index (κ1) is 24.6. The second-order valence-electron chi connectivity index (χ2n) is 7.11. The molecule has 0 saturated carbocycles. The molecule has 1 aliphatic rings. The zero-order valence-electron chi connectivity index (χ0n) is 18.2. The Labute approximate surface area is 196 Å². The molecule has 1 aliphatic heterocycles. The lowest BCUT2D eigenvalue weighted by molar-refractivity contribution is -0.708. The van der Waals surface area contributed by atoms with Gasteiger partial charge in [-0.1, -0.05) is 0 Å². The highest BCUT2D eigenvalue weighted by atomic mass is 16.7. The molecule has 1 fully saturated rings. The minimum absolute atomic E-state index is 0.0648. The maximum atomic E-state index is 12.4. The first-order chi connectivity index (χ1) is 16.6. The third-order valence-electron chi connectivity index (χ3n) is 4.70. The van der Waals surface area contributed by atoms with E-state index in [0.717, 1.165) is 12.1 Å². The number of hydrogen-bond acceptors (Lipinski definition) is 10. The third-order valence-corrected chi connectivity index (χ3v) is 4.70. The quantitative estimate of drug-likeness (QED) is 0.261. The number of carbonyl (C=O) groups excluding carboxylic acids is 2. The number of anilines is 1. The molecular weight excluding hydrogens is 470 g/mol. The molecule has 184 valence electrons. The van der Waals surface area contributed by atoms with E-state index in [4.69, 9.17) is 9.57 Å². The average molecular weight is 489 g/mol. The summed E-state index contributed by atoms with van der Waals surface area (Å²) in [7, 11) is 0. The van der Waals surface area contributed by atoms with Crippen molar-refractivity contribution in [3.05, 3.63) is 67.9 Å². The van der Waals surface area contributed by atoms with Crippen molar-refractivity contribution in [3.63, 3.8) is 0 Å². The monoisotopic (exact) mass is 489 g/mol. The molecule has 0 aliphatic carbocycles. The van der Waals surface area contributed by atoms with E-state index in [1.165, 1.54) is 29.0 Å². The predicted molar refractivity (Wildman–Crippen MR) is 116 cm³/mol. The van der Waals surface area contributed by atoms with Gasteiger partial charge in [0.25, 0.3) is 5.69 Å². The number of piperazine rings is 1. The lowest BCUT2D eigenvalue weighted by Gasteiger charge is -2.30. The molecule has 0 spiro atoms. The molecular formula is C19H19N7O9. The molecule has 3 rings (SSSR count). The van der Waals surface area contributed by atoms with Gasteiger partial charge in [0.15, 0.2) is 0 Å². The minimum Gasteiger partial charge on any atom is -0.569 e. The van der Waals surface area contributed by atoms with Gasteiger partial charge < -0.3 is 20.2 Å². The van der Waals surface area contributed by atoms with Crippen LogP contribution in [0.5, 0.6) is 11.5 Å². The van der Waals surface area contributed by atoms with Gasteiger partial charge in [-0.15, -0.1) is 5.01 Å². The first-order valence-corrected chi connectivity index (χ1v) is 10.0. The fraction of sp³-hybridized carbons (Fsp3) is 0.263. The van der Waals surface area contributed by atoms with Gasteiger partial charge in [-0.05, 0) is 30.3 Å². The van der Waals surface area contributed by atoms with Crippen LogP contribution in [0.25, 0.3) is 0 Å². The van der Waals surface area contributed by atoms with Gasteiger partial charge in [0.05, 0.1) is 34.0 Å². The fourth-order valence-corrected chi connectivity index (χ4v) is 2.99. The van der Waals surface area contributed by atoms with Crippen molar-refractivity contribution < 1.29 is 34.0 Å². The van der Waals surface area contributed by atoms with E-state index in [2.05, 4.69) is 10.6 Å². The summed E-state index contributed by atoms with van der Waals surface area (Å²) in [5, 5.41) is 41.2. The van der Waals surface area contributed by atoms with Crippen molar-refractivity contribution in [3.8, 4) is 11.5 Å². The summed E-state index contributed by atoms with van der Waals surface area (Å²) in [5.41, 5.74) is -0.699. The molecule has 1 heterocycles. The van der Waals surface area contributed by atoms with Crippen LogP contribution in [0.15, 0.2) is 47.7 Å². The Morgan fingerprint density at radius 3 is 2.20 bits per heavy atom. The zero-order valence-corrected chi connectivity index (χ0v) is 18.2. The molecule has 2 aromatic carbocycles. The van der Waals surface area contributed by atoms with Crippen molar-refractivity contribution in [1.29, 1.82) is 0 Å². The topological polar surface area (TPSA) is 196 Å². The Hall–Kier alpha value is -5.02. The molecule has 0 unspecified atom stereocenters. The van der Waals surface area contributed by atoms with Crippen LogP contribution < -0.4 is 14.9 Å². The van der Waals surface area contributed by atoms with E-state index in [1.807, 2.05) is 0 Å². The molecule has 0 bridgehead atoms. The van der Waals surface area contributed by atoms with Crippen LogP contribution in [-0.2, 0) is 4.79 Å². The first-order valence-electron chi connectivity index (χ1n) is 10.0. The lowest BCUT2D eigenvalue weighted by Crippen LogP contribution is -2.51. The number of carbonyl (C=O) groups is 2. The second kappa shape index (κ2) is 10.7. The van der Waals surface area contributed by atoms with E-state index in [0.29, 0.717) is 11.8 Å². The summed E-state index contributed by atoms with van der Waals surface area (Å²) in [6.07, 6.45) is -0.635. The van der Waals surface area contributed by atoms with E-state index >= 15 is 0 Å². The van der Waals surface area contributed by atoms with Gasteiger partial charge in [0.1, 0.15) is 5.75 Å². The summed E-state index contributed by atoms with van der Waals surface area (Å²) < 4.78 is 5.28. The van der Waals surface area contributed by atoms with E-state index in [-0.39, 0.29) is 42.8 Å². The molecule has 0 radical (unpaired) electrons. The van der Waals surface area contributed by atoms with Crippen molar-refractivity contribution in [2.45, 2.75) is 6.92 Å². The van der Waals surface area contributed by atoms with Crippen LogP contribution >= 0.6 is 0 Å². The van der Waals surface area contributed by atoms with Gasteiger partial charge in [-0.2, -0.15) is 0 Å². The summed E-state index contributed by atoms with van der Waals surface area (Å²) in [6.45, 7) is 1.74. The number of amides is 2. The van der Waals surface area contributed by atoms with Crippen molar-refractivity contribution in [2.24, 2.45) is 5.28 Å². The number of hydrogen-bond donors (Lipinski definition) is 1. The van der Waals surface area contributed by atoms with Crippen molar-refractivity contribution >= 4 is 29.1 Å². The van der Waals surface area contributed by atoms with E-state index in [1.54, 1.807) is 12.1 Å². The maximum absolute atomic E-state index is 12.4. The summed E-state index contributed by atoms with van der Waals surface area (Å²) in [6, 6.07) is 8.83. The van der Waals surface area contributed by atoms with E-state index < -0.39 is 33.1 Å². The average Bonchev–Trinajstić information content (AvgIpc) is 2.83. The highest BCUT2D eigenvalue weighted by Gasteiger charge is 2.27. The Morgan fingerprint density at radius 1 is 0.971 bits per heavy atom. The molecule has 1 N–H and O–H groups in total. The maximum Gasteiger partial charge on any atom is 0.415 e. The SMILES string of the molecule is CC(=O)Nc1ccc(OC(=O)N2CCN(/[N+]([O-])=N/Oc3ccc([N+](=O)[O-])cc3[N+](=O)[O-])CC2)cc1. The summed E-state index contributed by atoms with van der Waals surface area (Å²) in [5.74, 6) is -0.415. The molecule has 35 heavy (non-hydrogen) atoms. The normalized spacial score (nSPS) is 13.7. The van der Waals surface area contributed by atoms with Crippen LogP contribution in [0.1, 0.15) is 6.92 Å². The Bertz CT molecular complexity index is 1160. The largest absolute Gasteiger partial charge is 0.569 e. The molecule has 0 aromatic heterocycles. The molecule has 16 heteroatoms. The van der Waals surface area contributed by atoms with Gasteiger partial charge in [0, 0.05) is 31.8 Å². The molecule has 2 aromatic rings. The molecule has 16 nitrogen and oxygen atoms in total. The molecule has 2 amide bonds. The number of non-ortho nitro benzene ring substituents is 1. The van der Waals surface area contributed by atoms with Gasteiger partial charge in [0.2, 0.25) is 16.9 Å². The second-order valence-corrected chi connectivity index (χ2v) is 7.11. The fourth-order valence-electron chi connectivity index (χ4n) is 2.99. The Morgan fingerprint density at radius 2 is 1.63 bits per heavy atom. The number of ether oxygens (including phenoxy) is 1. The van der Waals surface area contributed by atoms with Crippen molar-refractivity contribution in [2.75, 3.05) is 31.5 Å². The Balaban J connectivity index is 1.54. The van der Waals surface area contributed by atoms with Crippen LogP contribution in [-0.4, -0.2) is 62.9 Å². The predicted octanol–water partition coefficient (Wildman–Crippen LogP) is 2.45. The number of nitrogens with one attached hydrogen (secondary N) is 1. The number of hydrazine groups is 1. The summed E-state index contributed by atoms with van der Waals surface area (Å²) >= 11 is 0. The highest BCUT2D eigenvalue weighted by Crippen LogP contribution is 2.31. The number of nitro groups is 2. The zero-order chi connectivity index (χ0) is 25.5. The third kappa shape index (κ3) is 6.50. The Kier molecular flexibility index (Phi) is 7.55. The number of nitrogens with zero attached hydrogens (tertiary/aromatic N) is 6. The van der Waals surface area contributed by atoms with Gasteiger partial charge in [-0.3, -0.25) is 29.9 Å². The smallest absolute Gasteiger partial charge is 0.415 e. The van der Waals surface area contributed by atoms with Crippen LogP contribution in [0.2, 0.25) is 0 Å². The molecule has 1 saturated heterocycles.